The normalized spacial score (nSPS) is 16.3. The zero-order valence-corrected chi connectivity index (χ0v) is 9.94. The Balaban J connectivity index is 2.21. The molecule has 1 aliphatic rings. The van der Waals surface area contributed by atoms with E-state index < -0.39 is 0 Å². The number of carbonyl (C=O) groups excluding carboxylic acids is 1. The lowest BCUT2D eigenvalue weighted by Crippen LogP contribution is -2.01. The number of benzene rings is 1. The monoisotopic (exact) mass is 225 g/mol. The van der Waals surface area contributed by atoms with E-state index in [1.165, 1.54) is 22.0 Å². The van der Waals surface area contributed by atoms with Gasteiger partial charge in [0.15, 0.2) is 5.78 Å². The predicted octanol–water partition coefficient (Wildman–Crippen LogP) is 3.31. The number of nitrogens with zero attached hydrogens (tertiary/aromatic N) is 1. The molecule has 2 heteroatoms. The van der Waals surface area contributed by atoms with E-state index in [2.05, 4.69) is 36.0 Å². The van der Waals surface area contributed by atoms with Crippen molar-refractivity contribution in [1.82, 2.24) is 4.57 Å². The van der Waals surface area contributed by atoms with Crippen molar-refractivity contribution < 1.29 is 4.79 Å². The third-order valence-corrected chi connectivity index (χ3v) is 3.45. The second-order valence-corrected chi connectivity index (χ2v) is 4.66. The number of aryl methyl sites for hydroxylation is 1. The Hall–Kier alpha value is -1.83. The van der Waals surface area contributed by atoms with Crippen LogP contribution in [0.2, 0.25) is 0 Å². The molecule has 0 unspecified atom stereocenters. The molecule has 3 rings (SSSR count). The first kappa shape index (κ1) is 10.3. The summed E-state index contributed by atoms with van der Waals surface area (Å²) < 4.78 is 2.13. The molecular formula is C15H15NO. The van der Waals surface area contributed by atoms with Gasteiger partial charge in [-0.05, 0) is 30.6 Å². The molecule has 2 nitrogen and oxygen atoms in total. The molecular weight excluding hydrogens is 210 g/mol. The van der Waals surface area contributed by atoms with Gasteiger partial charge in [-0.1, -0.05) is 18.2 Å². The number of ketones is 1. The minimum atomic E-state index is 0.263. The van der Waals surface area contributed by atoms with Crippen LogP contribution >= 0.6 is 0 Å². The molecule has 0 bridgehead atoms. The highest BCUT2D eigenvalue weighted by Crippen LogP contribution is 2.31. The van der Waals surface area contributed by atoms with Crippen LogP contribution < -0.4 is 0 Å². The molecule has 1 heterocycles. The zero-order chi connectivity index (χ0) is 11.8. The lowest BCUT2D eigenvalue weighted by molar-refractivity contribution is -0.114. The Morgan fingerprint density at radius 3 is 2.82 bits per heavy atom. The standard InChI is InChI=1S/C15H15NO/c1-16-10-14(11-5-4-6-12(17)9-11)13-7-2-3-8-15(13)16/h2-3,7-10H,4-6H2,1H3. The Morgan fingerprint density at radius 1 is 1.18 bits per heavy atom. The number of hydrogen-bond donors (Lipinski definition) is 0. The van der Waals surface area contributed by atoms with E-state index in [9.17, 15) is 4.79 Å². The molecule has 0 spiro atoms. The van der Waals surface area contributed by atoms with Crippen molar-refractivity contribution in [1.29, 1.82) is 0 Å². The maximum atomic E-state index is 11.5. The van der Waals surface area contributed by atoms with Crippen LogP contribution in [0.5, 0.6) is 0 Å². The molecule has 17 heavy (non-hydrogen) atoms. The summed E-state index contributed by atoms with van der Waals surface area (Å²) in [6, 6.07) is 8.35. The quantitative estimate of drug-likeness (QED) is 0.729. The number of rotatable bonds is 1. The van der Waals surface area contributed by atoms with Gasteiger partial charge in [0.1, 0.15) is 0 Å². The van der Waals surface area contributed by atoms with Crippen molar-refractivity contribution >= 4 is 22.3 Å². The van der Waals surface area contributed by atoms with Gasteiger partial charge in [-0.3, -0.25) is 4.79 Å². The van der Waals surface area contributed by atoms with Gasteiger partial charge >= 0.3 is 0 Å². The van der Waals surface area contributed by atoms with Crippen molar-refractivity contribution in [3.63, 3.8) is 0 Å². The van der Waals surface area contributed by atoms with Crippen LogP contribution in [0.3, 0.4) is 0 Å². The number of hydrogen-bond acceptors (Lipinski definition) is 1. The minimum absolute atomic E-state index is 0.263. The molecule has 1 aliphatic carbocycles. The van der Waals surface area contributed by atoms with E-state index >= 15 is 0 Å². The molecule has 0 atom stereocenters. The lowest BCUT2D eigenvalue weighted by Gasteiger charge is -2.10. The summed E-state index contributed by atoms with van der Waals surface area (Å²) in [5.41, 5.74) is 3.63. The first-order valence-electron chi connectivity index (χ1n) is 6.03. The first-order valence-corrected chi connectivity index (χ1v) is 6.03. The van der Waals surface area contributed by atoms with E-state index in [-0.39, 0.29) is 5.78 Å². The maximum absolute atomic E-state index is 11.5. The summed E-state index contributed by atoms with van der Waals surface area (Å²) in [5, 5.41) is 1.25. The molecule has 0 N–H and O–H groups in total. The number of allylic oxidation sites excluding steroid dienone is 2. The minimum Gasteiger partial charge on any atom is -0.350 e. The Kier molecular flexibility index (Phi) is 2.36. The number of carbonyl (C=O) groups is 1. The van der Waals surface area contributed by atoms with Crippen LogP contribution in [0.15, 0.2) is 36.5 Å². The average molecular weight is 225 g/mol. The summed E-state index contributed by atoms with van der Waals surface area (Å²) >= 11 is 0. The number of para-hydroxylation sites is 1. The molecule has 0 fully saturated rings. The first-order chi connectivity index (χ1) is 8.25. The average Bonchev–Trinajstić information content (AvgIpc) is 2.68. The Labute approximate surface area is 101 Å². The van der Waals surface area contributed by atoms with Crippen molar-refractivity contribution in [3.05, 3.63) is 42.1 Å². The van der Waals surface area contributed by atoms with E-state index in [4.69, 9.17) is 0 Å². The highest BCUT2D eigenvalue weighted by Gasteiger charge is 2.15. The SMILES string of the molecule is Cn1cc(C2=CC(=O)CCC2)c2ccccc21. The predicted molar refractivity (Wildman–Crippen MR) is 69.8 cm³/mol. The van der Waals surface area contributed by atoms with Gasteiger partial charge in [0, 0.05) is 36.1 Å². The third kappa shape index (κ3) is 1.70. The van der Waals surface area contributed by atoms with Crippen LogP contribution in [0.4, 0.5) is 0 Å². The van der Waals surface area contributed by atoms with Crippen LogP contribution in [-0.2, 0) is 11.8 Å². The molecule has 86 valence electrons. The zero-order valence-electron chi connectivity index (χ0n) is 9.94. The van der Waals surface area contributed by atoms with Gasteiger partial charge in [0.2, 0.25) is 0 Å². The largest absolute Gasteiger partial charge is 0.350 e. The Morgan fingerprint density at radius 2 is 2.00 bits per heavy atom. The van der Waals surface area contributed by atoms with Crippen LogP contribution in [0.25, 0.3) is 16.5 Å². The maximum Gasteiger partial charge on any atom is 0.155 e. The summed E-state index contributed by atoms with van der Waals surface area (Å²) in [4.78, 5) is 11.5. The van der Waals surface area contributed by atoms with Gasteiger partial charge in [-0.15, -0.1) is 0 Å². The molecule has 2 aromatic rings. The van der Waals surface area contributed by atoms with Gasteiger partial charge in [-0.25, -0.2) is 0 Å². The second kappa shape index (κ2) is 3.88. The van der Waals surface area contributed by atoms with Gasteiger partial charge < -0.3 is 4.57 Å². The van der Waals surface area contributed by atoms with Crippen molar-refractivity contribution in [3.8, 4) is 0 Å². The van der Waals surface area contributed by atoms with E-state index in [0.717, 1.165) is 12.8 Å². The highest BCUT2D eigenvalue weighted by molar-refractivity contribution is 6.02. The van der Waals surface area contributed by atoms with Crippen molar-refractivity contribution in [2.24, 2.45) is 7.05 Å². The molecule has 0 saturated heterocycles. The highest BCUT2D eigenvalue weighted by atomic mass is 16.1. The van der Waals surface area contributed by atoms with Crippen LogP contribution in [-0.4, -0.2) is 10.4 Å². The van der Waals surface area contributed by atoms with Gasteiger partial charge in [0.05, 0.1) is 0 Å². The summed E-state index contributed by atoms with van der Waals surface area (Å²) in [6.45, 7) is 0. The smallest absolute Gasteiger partial charge is 0.155 e. The fourth-order valence-electron chi connectivity index (χ4n) is 2.60. The molecule has 0 aliphatic heterocycles. The lowest BCUT2D eigenvalue weighted by atomic mass is 9.93. The summed E-state index contributed by atoms with van der Waals surface area (Å²) in [6.07, 6.45) is 6.66. The van der Waals surface area contributed by atoms with Crippen molar-refractivity contribution in [2.75, 3.05) is 0 Å². The molecule has 1 aromatic carbocycles. The van der Waals surface area contributed by atoms with E-state index in [1.54, 1.807) is 0 Å². The topological polar surface area (TPSA) is 22.0 Å². The van der Waals surface area contributed by atoms with Gasteiger partial charge in [-0.2, -0.15) is 0 Å². The van der Waals surface area contributed by atoms with Crippen molar-refractivity contribution in [2.45, 2.75) is 19.3 Å². The van der Waals surface area contributed by atoms with Gasteiger partial charge in [0.25, 0.3) is 0 Å². The van der Waals surface area contributed by atoms with E-state index in [0.29, 0.717) is 6.42 Å². The fourth-order valence-corrected chi connectivity index (χ4v) is 2.60. The number of fused-ring (bicyclic) bond motifs is 1. The second-order valence-electron chi connectivity index (χ2n) is 4.66. The Bertz CT molecular complexity index is 619. The fraction of sp³-hybridized carbons (Fsp3) is 0.267. The molecule has 0 radical (unpaired) electrons. The van der Waals surface area contributed by atoms with Crippen LogP contribution in [0, 0.1) is 0 Å². The molecule has 0 saturated carbocycles. The summed E-state index contributed by atoms with van der Waals surface area (Å²) in [5.74, 6) is 0.263. The van der Waals surface area contributed by atoms with E-state index in [1.807, 2.05) is 12.1 Å². The summed E-state index contributed by atoms with van der Waals surface area (Å²) in [7, 11) is 2.05. The third-order valence-electron chi connectivity index (χ3n) is 3.45. The van der Waals surface area contributed by atoms with Crippen LogP contribution in [0.1, 0.15) is 24.8 Å². The molecule has 0 amide bonds. The number of aromatic nitrogens is 1. The molecule has 1 aromatic heterocycles.